The van der Waals surface area contributed by atoms with Crippen molar-refractivity contribution in [2.45, 2.75) is 32.4 Å². The Morgan fingerprint density at radius 1 is 1.48 bits per heavy atom. The number of fused-ring (bicyclic) bond motifs is 1. The van der Waals surface area contributed by atoms with Gasteiger partial charge in [-0.25, -0.2) is 0 Å². The number of amides is 1. The van der Waals surface area contributed by atoms with Gasteiger partial charge in [0.1, 0.15) is 5.78 Å². The topological polar surface area (TPSA) is 91.3 Å². The number of aliphatic hydroxyl groups excluding tert-OH is 1. The number of rotatable bonds is 3. The van der Waals surface area contributed by atoms with Crippen molar-refractivity contribution in [2.24, 2.45) is 0 Å². The molecule has 1 aliphatic heterocycles. The molecule has 0 saturated carbocycles. The molecule has 0 spiro atoms. The van der Waals surface area contributed by atoms with Crippen molar-refractivity contribution in [1.29, 1.82) is 0 Å². The fraction of sp³-hybridized carbons (Fsp3) is 0.353. The van der Waals surface area contributed by atoms with Crippen LogP contribution in [-0.2, 0) is 16.2 Å². The van der Waals surface area contributed by atoms with E-state index in [1.165, 1.54) is 0 Å². The molecule has 1 amide bonds. The number of aromatic nitrogens is 1. The Labute approximate surface area is 133 Å². The predicted molar refractivity (Wildman–Crippen MR) is 87.1 cm³/mol. The lowest BCUT2D eigenvalue weighted by molar-refractivity contribution is -0.126. The van der Waals surface area contributed by atoms with Gasteiger partial charge >= 0.3 is 0 Å². The van der Waals surface area contributed by atoms with Gasteiger partial charge in [-0.3, -0.25) is 14.6 Å². The molecular formula is C17H19N3O3. The molecule has 3 rings (SSSR count). The maximum absolute atomic E-state index is 12.4. The number of nitrogens with zero attached hydrogens (tertiary/aromatic N) is 1. The van der Waals surface area contributed by atoms with Gasteiger partial charge in [0.25, 0.3) is 0 Å². The fourth-order valence-corrected chi connectivity index (χ4v) is 2.89. The number of hydrogen-bond acceptors (Lipinski definition) is 5. The van der Waals surface area contributed by atoms with Crippen molar-refractivity contribution >= 4 is 28.3 Å². The SMILES string of the molecule is Cc1cc(CO)c2cccc(NC(=O)[C@@H]3CC(=O)CCN3)c2n1. The molecule has 1 saturated heterocycles. The number of Topliss-reactive ketones (excluding diaryl/α,β-unsaturated/α-hetero) is 1. The minimum Gasteiger partial charge on any atom is -0.392 e. The standard InChI is InChI=1S/C17H19N3O3/c1-10-7-11(9-21)13-3-2-4-14(16(13)19-10)20-17(23)15-8-12(22)5-6-18-15/h2-4,7,15,18,21H,5-6,8-9H2,1H3,(H,20,23)/t15-/m0/s1. The second-order valence-corrected chi connectivity index (χ2v) is 5.77. The molecule has 6 heteroatoms. The van der Waals surface area contributed by atoms with Crippen LogP contribution in [0.1, 0.15) is 24.1 Å². The Morgan fingerprint density at radius 3 is 3.04 bits per heavy atom. The second kappa shape index (κ2) is 6.44. The largest absolute Gasteiger partial charge is 0.392 e. The highest BCUT2D eigenvalue weighted by atomic mass is 16.3. The third-order valence-electron chi connectivity index (χ3n) is 4.02. The van der Waals surface area contributed by atoms with Crippen LogP contribution in [0.25, 0.3) is 10.9 Å². The van der Waals surface area contributed by atoms with Crippen molar-refractivity contribution in [3.63, 3.8) is 0 Å². The first-order chi connectivity index (χ1) is 11.1. The van der Waals surface area contributed by atoms with E-state index in [4.69, 9.17) is 0 Å². The molecule has 2 aromatic rings. The van der Waals surface area contributed by atoms with E-state index in [1.807, 2.05) is 25.1 Å². The molecule has 1 fully saturated rings. The van der Waals surface area contributed by atoms with E-state index in [-0.39, 0.29) is 24.7 Å². The summed E-state index contributed by atoms with van der Waals surface area (Å²) in [6.45, 7) is 2.28. The van der Waals surface area contributed by atoms with Crippen LogP contribution in [0.2, 0.25) is 0 Å². The summed E-state index contributed by atoms with van der Waals surface area (Å²) in [6, 6.07) is 6.78. The minimum atomic E-state index is -0.506. The quantitative estimate of drug-likeness (QED) is 0.794. The Balaban J connectivity index is 1.92. The lowest BCUT2D eigenvalue weighted by Crippen LogP contribution is -2.46. The molecule has 6 nitrogen and oxygen atoms in total. The van der Waals surface area contributed by atoms with Crippen LogP contribution in [0.3, 0.4) is 0 Å². The number of piperidine rings is 1. The van der Waals surface area contributed by atoms with Gasteiger partial charge in [0.2, 0.25) is 5.91 Å². The molecule has 1 aliphatic rings. The average Bonchev–Trinajstić information content (AvgIpc) is 2.54. The number of nitrogens with one attached hydrogen (secondary N) is 2. The number of para-hydroxylation sites is 1. The summed E-state index contributed by atoms with van der Waals surface area (Å²) in [6.07, 6.45) is 0.684. The maximum atomic E-state index is 12.4. The molecule has 0 radical (unpaired) electrons. The highest BCUT2D eigenvalue weighted by Crippen LogP contribution is 2.25. The van der Waals surface area contributed by atoms with Crippen molar-refractivity contribution < 1.29 is 14.7 Å². The number of hydrogen-bond donors (Lipinski definition) is 3. The number of pyridine rings is 1. The van der Waals surface area contributed by atoms with E-state index < -0.39 is 6.04 Å². The predicted octanol–water partition coefficient (Wildman–Crippen LogP) is 1.30. The van der Waals surface area contributed by atoms with Crippen LogP contribution >= 0.6 is 0 Å². The monoisotopic (exact) mass is 313 g/mol. The molecule has 0 unspecified atom stereocenters. The van der Waals surface area contributed by atoms with Crippen LogP contribution in [0.5, 0.6) is 0 Å². The Morgan fingerprint density at radius 2 is 2.30 bits per heavy atom. The molecule has 3 N–H and O–H groups in total. The average molecular weight is 313 g/mol. The number of benzene rings is 1. The number of carbonyl (C=O) groups excluding carboxylic acids is 2. The highest BCUT2D eigenvalue weighted by molar-refractivity contribution is 6.04. The summed E-state index contributed by atoms with van der Waals surface area (Å²) in [5.41, 5.74) is 2.78. The van der Waals surface area contributed by atoms with E-state index in [9.17, 15) is 14.7 Å². The molecular weight excluding hydrogens is 294 g/mol. The first kappa shape index (κ1) is 15.6. The molecule has 120 valence electrons. The van der Waals surface area contributed by atoms with Crippen molar-refractivity contribution in [2.75, 3.05) is 11.9 Å². The highest BCUT2D eigenvalue weighted by Gasteiger charge is 2.25. The lowest BCUT2D eigenvalue weighted by Gasteiger charge is -2.22. The Hall–Kier alpha value is -2.31. The van der Waals surface area contributed by atoms with Gasteiger partial charge < -0.3 is 15.7 Å². The Kier molecular flexibility index (Phi) is 4.36. The van der Waals surface area contributed by atoms with Gasteiger partial charge in [-0.15, -0.1) is 0 Å². The molecule has 23 heavy (non-hydrogen) atoms. The van der Waals surface area contributed by atoms with Crippen molar-refractivity contribution in [1.82, 2.24) is 10.3 Å². The number of ketones is 1. The third-order valence-corrected chi connectivity index (χ3v) is 4.02. The molecule has 2 heterocycles. The van der Waals surface area contributed by atoms with Gasteiger partial charge in [0.05, 0.1) is 23.9 Å². The Bertz CT molecular complexity index is 773. The van der Waals surface area contributed by atoms with Crippen LogP contribution in [0.4, 0.5) is 5.69 Å². The van der Waals surface area contributed by atoms with Crippen LogP contribution in [0.15, 0.2) is 24.3 Å². The zero-order chi connectivity index (χ0) is 16.4. The summed E-state index contributed by atoms with van der Waals surface area (Å²) >= 11 is 0. The second-order valence-electron chi connectivity index (χ2n) is 5.77. The van der Waals surface area contributed by atoms with Crippen LogP contribution < -0.4 is 10.6 Å². The maximum Gasteiger partial charge on any atom is 0.242 e. The van der Waals surface area contributed by atoms with Gasteiger partial charge in [0, 0.05) is 30.5 Å². The van der Waals surface area contributed by atoms with Gasteiger partial charge in [0.15, 0.2) is 0 Å². The zero-order valence-corrected chi connectivity index (χ0v) is 12.9. The minimum absolute atomic E-state index is 0.0874. The van der Waals surface area contributed by atoms with E-state index in [0.717, 1.165) is 16.6 Å². The van der Waals surface area contributed by atoms with Crippen LogP contribution in [-0.4, -0.2) is 34.4 Å². The summed E-state index contributed by atoms with van der Waals surface area (Å²) in [4.78, 5) is 28.4. The third kappa shape index (κ3) is 3.23. The number of aliphatic hydroxyl groups is 1. The normalized spacial score (nSPS) is 18.2. The molecule has 0 aliphatic carbocycles. The van der Waals surface area contributed by atoms with E-state index in [1.54, 1.807) is 6.07 Å². The molecule has 1 aromatic heterocycles. The van der Waals surface area contributed by atoms with Gasteiger partial charge in [-0.1, -0.05) is 12.1 Å². The van der Waals surface area contributed by atoms with E-state index in [0.29, 0.717) is 24.2 Å². The number of anilines is 1. The first-order valence-electron chi connectivity index (χ1n) is 7.64. The van der Waals surface area contributed by atoms with E-state index in [2.05, 4.69) is 15.6 Å². The molecule has 0 bridgehead atoms. The first-order valence-corrected chi connectivity index (χ1v) is 7.64. The van der Waals surface area contributed by atoms with E-state index >= 15 is 0 Å². The van der Waals surface area contributed by atoms with Crippen molar-refractivity contribution in [3.05, 3.63) is 35.5 Å². The van der Waals surface area contributed by atoms with Gasteiger partial charge in [-0.2, -0.15) is 0 Å². The fourth-order valence-electron chi connectivity index (χ4n) is 2.89. The summed E-state index contributed by atoms with van der Waals surface area (Å²) in [5, 5.41) is 16.2. The number of carbonyl (C=O) groups is 2. The summed E-state index contributed by atoms with van der Waals surface area (Å²) < 4.78 is 0. The summed E-state index contributed by atoms with van der Waals surface area (Å²) in [5.74, 6) is -0.141. The van der Waals surface area contributed by atoms with Gasteiger partial charge in [-0.05, 0) is 24.6 Å². The molecule has 1 atom stereocenters. The number of aryl methyl sites for hydroxylation is 1. The summed E-state index contributed by atoms with van der Waals surface area (Å²) in [7, 11) is 0. The lowest BCUT2D eigenvalue weighted by atomic mass is 10.0. The van der Waals surface area contributed by atoms with Crippen molar-refractivity contribution in [3.8, 4) is 0 Å². The molecule has 1 aromatic carbocycles. The van der Waals surface area contributed by atoms with Crippen LogP contribution in [0, 0.1) is 6.92 Å². The smallest absolute Gasteiger partial charge is 0.242 e. The zero-order valence-electron chi connectivity index (χ0n) is 12.9.